The van der Waals surface area contributed by atoms with Crippen molar-refractivity contribution >= 4 is 11.7 Å². The van der Waals surface area contributed by atoms with Crippen LogP contribution < -0.4 is 0 Å². The first kappa shape index (κ1) is 10.2. The lowest BCUT2D eigenvalue weighted by atomic mass is 10.3. The molecule has 1 heterocycles. The Kier molecular flexibility index (Phi) is 2.85. The minimum Gasteiger partial charge on any atom is -0.492 e. The predicted octanol–water partition coefficient (Wildman–Crippen LogP) is 0.521. The molecule has 76 valence electrons. The number of rotatable bonds is 4. The Morgan fingerprint density at radius 3 is 2.86 bits per heavy atom. The second kappa shape index (κ2) is 3.91. The van der Waals surface area contributed by atoms with Crippen molar-refractivity contribution in [2.24, 2.45) is 7.05 Å². The molecular formula is C8H11N3O3. The molecule has 0 fully saturated rings. The van der Waals surface area contributed by atoms with Gasteiger partial charge in [0.05, 0.1) is 6.61 Å². The summed E-state index contributed by atoms with van der Waals surface area (Å²) in [6.07, 6.45) is 0. The molecule has 0 bridgehead atoms. The van der Waals surface area contributed by atoms with Gasteiger partial charge in [-0.25, -0.2) is 9.48 Å². The SMILES string of the molecule is C=C(OCC)c1nnn(C)c1C(=O)O. The molecule has 6 heteroatoms. The minimum atomic E-state index is -1.10. The molecular weight excluding hydrogens is 186 g/mol. The minimum absolute atomic E-state index is 0.0246. The van der Waals surface area contributed by atoms with Crippen LogP contribution in [0.5, 0.6) is 0 Å². The van der Waals surface area contributed by atoms with Gasteiger partial charge in [-0.15, -0.1) is 5.10 Å². The molecule has 14 heavy (non-hydrogen) atoms. The molecule has 0 aliphatic rings. The molecule has 0 atom stereocenters. The molecule has 1 N–H and O–H groups in total. The topological polar surface area (TPSA) is 77.2 Å². The van der Waals surface area contributed by atoms with Gasteiger partial charge in [0.15, 0.2) is 11.4 Å². The van der Waals surface area contributed by atoms with Crippen molar-refractivity contribution in [1.29, 1.82) is 0 Å². The second-order valence-electron chi connectivity index (χ2n) is 2.57. The number of aromatic carboxylic acids is 1. The lowest BCUT2D eigenvalue weighted by Crippen LogP contribution is -2.08. The van der Waals surface area contributed by atoms with Crippen molar-refractivity contribution < 1.29 is 14.6 Å². The summed E-state index contributed by atoms with van der Waals surface area (Å²) in [7, 11) is 1.50. The molecule has 0 aromatic carbocycles. The zero-order valence-electron chi connectivity index (χ0n) is 8.02. The van der Waals surface area contributed by atoms with E-state index in [0.717, 1.165) is 0 Å². The molecule has 0 aliphatic carbocycles. The molecule has 0 saturated carbocycles. The van der Waals surface area contributed by atoms with E-state index < -0.39 is 5.97 Å². The number of nitrogens with zero attached hydrogens (tertiary/aromatic N) is 3. The fraction of sp³-hybridized carbons (Fsp3) is 0.375. The monoisotopic (exact) mass is 197 g/mol. The number of carboxylic acids is 1. The Bertz CT molecular complexity index is 370. The molecule has 0 radical (unpaired) electrons. The molecule has 0 saturated heterocycles. The maximum absolute atomic E-state index is 10.8. The Morgan fingerprint density at radius 1 is 1.71 bits per heavy atom. The number of aryl methyl sites for hydroxylation is 1. The lowest BCUT2D eigenvalue weighted by molar-refractivity contribution is 0.0684. The smallest absolute Gasteiger partial charge is 0.356 e. The lowest BCUT2D eigenvalue weighted by Gasteiger charge is -2.03. The zero-order chi connectivity index (χ0) is 10.7. The van der Waals surface area contributed by atoms with Gasteiger partial charge in [-0.3, -0.25) is 0 Å². The van der Waals surface area contributed by atoms with E-state index >= 15 is 0 Å². The molecule has 6 nitrogen and oxygen atoms in total. The maximum atomic E-state index is 10.8. The number of carbonyl (C=O) groups is 1. The van der Waals surface area contributed by atoms with Crippen LogP contribution in [-0.2, 0) is 11.8 Å². The highest BCUT2D eigenvalue weighted by Crippen LogP contribution is 2.15. The number of carboxylic acid groups (broad SMARTS) is 1. The Hall–Kier alpha value is -1.85. The quantitative estimate of drug-likeness (QED) is 0.712. The largest absolute Gasteiger partial charge is 0.492 e. The number of ether oxygens (including phenoxy) is 1. The van der Waals surface area contributed by atoms with Gasteiger partial charge < -0.3 is 9.84 Å². The summed E-state index contributed by atoms with van der Waals surface area (Å²) in [6, 6.07) is 0. The summed E-state index contributed by atoms with van der Waals surface area (Å²) in [5, 5.41) is 16.1. The van der Waals surface area contributed by atoms with E-state index in [-0.39, 0.29) is 17.1 Å². The van der Waals surface area contributed by atoms with Gasteiger partial charge in [0, 0.05) is 7.05 Å². The van der Waals surface area contributed by atoms with Gasteiger partial charge in [-0.1, -0.05) is 11.8 Å². The van der Waals surface area contributed by atoms with Gasteiger partial charge in [0.25, 0.3) is 0 Å². The van der Waals surface area contributed by atoms with Crippen LogP contribution >= 0.6 is 0 Å². The summed E-state index contributed by atoms with van der Waals surface area (Å²) >= 11 is 0. The third kappa shape index (κ3) is 1.73. The van der Waals surface area contributed by atoms with Crippen molar-refractivity contribution in [1.82, 2.24) is 15.0 Å². The molecule has 0 unspecified atom stereocenters. The van der Waals surface area contributed by atoms with Crippen molar-refractivity contribution in [3.63, 3.8) is 0 Å². The van der Waals surface area contributed by atoms with Crippen molar-refractivity contribution in [2.75, 3.05) is 6.61 Å². The summed E-state index contributed by atoms with van der Waals surface area (Å²) in [5.74, 6) is -0.883. The maximum Gasteiger partial charge on any atom is 0.356 e. The Labute approximate surface area is 80.8 Å². The predicted molar refractivity (Wildman–Crippen MR) is 48.6 cm³/mol. The van der Waals surface area contributed by atoms with Crippen LogP contribution in [0.4, 0.5) is 0 Å². The number of hydrogen-bond donors (Lipinski definition) is 1. The Balaban J connectivity index is 3.09. The molecule has 0 amide bonds. The van der Waals surface area contributed by atoms with E-state index in [2.05, 4.69) is 16.9 Å². The average Bonchev–Trinajstić information content (AvgIpc) is 2.47. The summed E-state index contributed by atoms with van der Waals surface area (Å²) in [5.41, 5.74) is 0.144. The van der Waals surface area contributed by atoms with Crippen LogP contribution in [0.3, 0.4) is 0 Å². The van der Waals surface area contributed by atoms with Crippen molar-refractivity contribution in [3.8, 4) is 0 Å². The Morgan fingerprint density at radius 2 is 2.36 bits per heavy atom. The fourth-order valence-electron chi connectivity index (χ4n) is 1.03. The third-order valence-electron chi connectivity index (χ3n) is 1.61. The van der Waals surface area contributed by atoms with Crippen LogP contribution in [0.2, 0.25) is 0 Å². The molecule has 1 aromatic heterocycles. The second-order valence-corrected chi connectivity index (χ2v) is 2.57. The van der Waals surface area contributed by atoms with Crippen molar-refractivity contribution in [2.45, 2.75) is 6.92 Å². The number of aromatic nitrogens is 3. The first-order valence-corrected chi connectivity index (χ1v) is 4.03. The first-order chi connectivity index (χ1) is 6.57. The standard InChI is InChI=1S/C8H11N3O3/c1-4-14-5(2)6-7(8(12)13)11(3)10-9-6/h2,4H2,1,3H3,(H,12,13). The molecule has 1 aromatic rings. The van der Waals surface area contributed by atoms with Crippen molar-refractivity contribution in [3.05, 3.63) is 18.0 Å². The van der Waals surface area contributed by atoms with Crippen LogP contribution in [0.15, 0.2) is 6.58 Å². The van der Waals surface area contributed by atoms with Gasteiger partial charge in [0.2, 0.25) is 0 Å². The highest BCUT2D eigenvalue weighted by atomic mass is 16.5. The molecule has 1 rings (SSSR count). The fourth-order valence-corrected chi connectivity index (χ4v) is 1.03. The highest BCUT2D eigenvalue weighted by molar-refractivity contribution is 5.90. The summed E-state index contributed by atoms with van der Waals surface area (Å²) in [4.78, 5) is 10.8. The van der Waals surface area contributed by atoms with Crippen LogP contribution in [0.1, 0.15) is 23.1 Å². The van der Waals surface area contributed by atoms with E-state index in [1.165, 1.54) is 11.7 Å². The zero-order valence-corrected chi connectivity index (χ0v) is 8.02. The third-order valence-corrected chi connectivity index (χ3v) is 1.61. The van der Waals surface area contributed by atoms with Gasteiger partial charge in [-0.2, -0.15) is 0 Å². The average molecular weight is 197 g/mol. The van der Waals surface area contributed by atoms with Gasteiger partial charge >= 0.3 is 5.97 Å². The van der Waals surface area contributed by atoms with E-state index in [1.54, 1.807) is 6.92 Å². The van der Waals surface area contributed by atoms with E-state index in [1.807, 2.05) is 0 Å². The molecule has 0 spiro atoms. The van der Waals surface area contributed by atoms with Crippen LogP contribution in [0.25, 0.3) is 5.76 Å². The van der Waals surface area contributed by atoms with Gasteiger partial charge in [0.1, 0.15) is 5.76 Å². The highest BCUT2D eigenvalue weighted by Gasteiger charge is 2.20. The first-order valence-electron chi connectivity index (χ1n) is 4.03. The van der Waals surface area contributed by atoms with E-state index in [0.29, 0.717) is 6.61 Å². The van der Waals surface area contributed by atoms with Crippen LogP contribution in [0, 0.1) is 0 Å². The van der Waals surface area contributed by atoms with E-state index in [9.17, 15) is 4.79 Å². The van der Waals surface area contributed by atoms with Crippen LogP contribution in [-0.4, -0.2) is 32.7 Å². The van der Waals surface area contributed by atoms with E-state index in [4.69, 9.17) is 9.84 Å². The summed E-state index contributed by atoms with van der Waals surface area (Å²) in [6.45, 7) is 5.76. The number of hydrogen-bond acceptors (Lipinski definition) is 4. The molecule has 0 aliphatic heterocycles. The summed E-state index contributed by atoms with van der Waals surface area (Å²) < 4.78 is 6.23. The normalized spacial score (nSPS) is 9.86. The van der Waals surface area contributed by atoms with Gasteiger partial charge in [-0.05, 0) is 6.92 Å².